The predicted molar refractivity (Wildman–Crippen MR) is 124 cm³/mol. The number of hydrogen-bond acceptors (Lipinski definition) is 3. The molecule has 0 unspecified atom stereocenters. The largest absolute Gasteiger partial charge is 0.343 e. The highest BCUT2D eigenvalue weighted by Crippen LogP contribution is 2.38. The van der Waals surface area contributed by atoms with Gasteiger partial charge in [-0.3, -0.25) is 19.5 Å². The number of carbonyl (C=O) groups is 2. The molecule has 5 heteroatoms. The first-order valence-corrected chi connectivity index (χ1v) is 11.4. The Labute approximate surface area is 188 Å². The number of nitrogens with zero attached hydrogens (tertiary/aromatic N) is 3. The minimum Gasteiger partial charge on any atom is -0.343 e. The van der Waals surface area contributed by atoms with Crippen LogP contribution in [0.5, 0.6) is 0 Å². The van der Waals surface area contributed by atoms with Gasteiger partial charge in [0.05, 0.1) is 23.7 Å². The molecule has 3 heterocycles. The Morgan fingerprint density at radius 2 is 1.59 bits per heavy atom. The zero-order chi connectivity index (χ0) is 21.9. The summed E-state index contributed by atoms with van der Waals surface area (Å²) in [6.07, 6.45) is 5.06. The lowest BCUT2D eigenvalue weighted by molar-refractivity contribution is -0.133. The monoisotopic (exact) mass is 425 g/mol. The van der Waals surface area contributed by atoms with Crippen LogP contribution in [0.3, 0.4) is 0 Å². The van der Waals surface area contributed by atoms with Gasteiger partial charge in [0.25, 0.3) is 5.91 Å². The highest BCUT2D eigenvalue weighted by molar-refractivity contribution is 6.11. The normalized spacial score (nSPS) is 18.6. The van der Waals surface area contributed by atoms with Gasteiger partial charge in [-0.15, -0.1) is 0 Å². The average molecular weight is 426 g/mol. The summed E-state index contributed by atoms with van der Waals surface area (Å²) >= 11 is 0. The maximum Gasteiger partial charge on any atom is 0.260 e. The van der Waals surface area contributed by atoms with Gasteiger partial charge in [-0.05, 0) is 55.0 Å². The quantitative estimate of drug-likeness (QED) is 0.598. The van der Waals surface area contributed by atoms with Crippen LogP contribution >= 0.6 is 0 Å². The molecule has 0 N–H and O–H groups in total. The fourth-order valence-corrected chi connectivity index (χ4v) is 4.96. The predicted octanol–water partition coefficient (Wildman–Crippen LogP) is 4.65. The van der Waals surface area contributed by atoms with E-state index in [0.717, 1.165) is 38.0 Å². The van der Waals surface area contributed by atoms with E-state index in [0.29, 0.717) is 17.2 Å². The Morgan fingerprint density at radius 1 is 0.906 bits per heavy atom. The standard InChI is InChI=1S/C27H27N3O2/c31-25(29-16-13-21(14-17-29)18-20-8-3-1-4-9-20)19-24-26-23(12-7-15-28-26)27(32)30(24)22-10-5-2-6-11-22/h1-12,15,21,24H,13-14,16-19H2/t24-/m0/s1. The van der Waals surface area contributed by atoms with Gasteiger partial charge in [0.15, 0.2) is 0 Å². The third kappa shape index (κ3) is 4.03. The highest BCUT2D eigenvalue weighted by atomic mass is 16.2. The highest BCUT2D eigenvalue weighted by Gasteiger charge is 2.40. The summed E-state index contributed by atoms with van der Waals surface area (Å²) in [7, 11) is 0. The van der Waals surface area contributed by atoms with E-state index in [1.165, 1.54) is 5.56 Å². The molecular weight excluding hydrogens is 398 g/mol. The van der Waals surface area contributed by atoms with Crippen molar-refractivity contribution in [2.75, 3.05) is 18.0 Å². The van der Waals surface area contributed by atoms with Crippen molar-refractivity contribution in [1.29, 1.82) is 0 Å². The van der Waals surface area contributed by atoms with E-state index < -0.39 is 0 Å². The summed E-state index contributed by atoms with van der Waals surface area (Å²) < 4.78 is 0. The van der Waals surface area contributed by atoms with Crippen molar-refractivity contribution in [3.8, 4) is 0 Å². The Kier molecular flexibility index (Phi) is 5.71. The van der Waals surface area contributed by atoms with E-state index in [4.69, 9.17) is 0 Å². The van der Waals surface area contributed by atoms with E-state index >= 15 is 0 Å². The van der Waals surface area contributed by atoms with Crippen LogP contribution in [0.4, 0.5) is 5.69 Å². The maximum atomic E-state index is 13.3. The zero-order valence-electron chi connectivity index (χ0n) is 18.1. The van der Waals surface area contributed by atoms with Gasteiger partial charge in [0.2, 0.25) is 5.91 Å². The number of fused-ring (bicyclic) bond motifs is 1. The van der Waals surface area contributed by atoms with Crippen LogP contribution in [0.25, 0.3) is 0 Å². The number of carbonyl (C=O) groups excluding carboxylic acids is 2. The molecule has 0 saturated carbocycles. The fraction of sp³-hybridized carbons (Fsp3) is 0.296. The number of anilines is 1. The van der Waals surface area contributed by atoms with Crippen molar-refractivity contribution in [1.82, 2.24) is 9.88 Å². The van der Waals surface area contributed by atoms with Gasteiger partial charge in [-0.25, -0.2) is 0 Å². The first-order valence-electron chi connectivity index (χ1n) is 11.4. The minimum atomic E-state index is -0.365. The van der Waals surface area contributed by atoms with E-state index in [1.807, 2.05) is 41.3 Å². The lowest BCUT2D eigenvalue weighted by Crippen LogP contribution is -2.41. The second-order valence-corrected chi connectivity index (χ2v) is 8.68. The van der Waals surface area contributed by atoms with Crippen molar-refractivity contribution in [2.24, 2.45) is 5.92 Å². The van der Waals surface area contributed by atoms with Crippen molar-refractivity contribution in [2.45, 2.75) is 31.7 Å². The number of benzene rings is 2. The minimum absolute atomic E-state index is 0.0846. The van der Waals surface area contributed by atoms with Crippen LogP contribution in [-0.2, 0) is 11.2 Å². The Bertz CT molecular complexity index is 1090. The third-order valence-electron chi connectivity index (χ3n) is 6.65. The van der Waals surface area contributed by atoms with Crippen LogP contribution in [0.15, 0.2) is 79.0 Å². The Balaban J connectivity index is 1.28. The van der Waals surface area contributed by atoms with E-state index in [1.54, 1.807) is 23.2 Å². The van der Waals surface area contributed by atoms with Gasteiger partial charge in [0.1, 0.15) is 0 Å². The Morgan fingerprint density at radius 3 is 2.31 bits per heavy atom. The molecule has 0 aliphatic carbocycles. The molecule has 5 nitrogen and oxygen atoms in total. The van der Waals surface area contributed by atoms with Crippen LogP contribution in [0, 0.1) is 5.92 Å². The summed E-state index contributed by atoms with van der Waals surface area (Å²) in [6.45, 7) is 1.55. The molecule has 0 spiro atoms. The molecule has 1 fully saturated rings. The number of rotatable bonds is 5. The first-order chi connectivity index (χ1) is 15.7. The SMILES string of the molecule is O=C(C[C@H]1c2ncccc2C(=O)N1c1ccccc1)N1CCC(Cc2ccccc2)CC1. The van der Waals surface area contributed by atoms with E-state index in [9.17, 15) is 9.59 Å². The molecule has 1 atom stereocenters. The molecule has 0 bridgehead atoms. The maximum absolute atomic E-state index is 13.3. The van der Waals surface area contributed by atoms with Crippen molar-refractivity contribution >= 4 is 17.5 Å². The summed E-state index contributed by atoms with van der Waals surface area (Å²) in [6, 6.07) is 23.4. The van der Waals surface area contributed by atoms with Crippen LogP contribution in [0.1, 0.15) is 46.9 Å². The molecule has 1 aromatic heterocycles. The molecule has 2 aromatic carbocycles. The fourth-order valence-electron chi connectivity index (χ4n) is 4.96. The summed E-state index contributed by atoms with van der Waals surface area (Å²) in [4.78, 5) is 34.6. The van der Waals surface area contributed by atoms with E-state index in [2.05, 4.69) is 29.2 Å². The molecule has 3 aromatic rings. The lowest BCUT2D eigenvalue weighted by atomic mass is 9.90. The van der Waals surface area contributed by atoms with Crippen molar-refractivity contribution < 1.29 is 9.59 Å². The number of hydrogen-bond donors (Lipinski definition) is 0. The first kappa shape index (κ1) is 20.4. The second-order valence-electron chi connectivity index (χ2n) is 8.68. The number of para-hydroxylation sites is 1. The smallest absolute Gasteiger partial charge is 0.260 e. The van der Waals surface area contributed by atoms with Crippen LogP contribution in [0.2, 0.25) is 0 Å². The summed E-state index contributed by atoms with van der Waals surface area (Å²) in [5, 5.41) is 0. The molecule has 1 saturated heterocycles. The van der Waals surface area contributed by atoms with Gasteiger partial charge in [-0.1, -0.05) is 48.5 Å². The van der Waals surface area contributed by atoms with Crippen LogP contribution in [-0.4, -0.2) is 34.8 Å². The number of aromatic nitrogens is 1. The van der Waals surface area contributed by atoms with Crippen molar-refractivity contribution in [3.63, 3.8) is 0 Å². The zero-order valence-corrected chi connectivity index (χ0v) is 18.1. The Hall–Kier alpha value is -3.47. The number of piperidine rings is 1. The molecule has 2 aliphatic rings. The molecule has 2 amide bonds. The molecule has 2 aliphatic heterocycles. The number of likely N-dealkylation sites (tertiary alicyclic amines) is 1. The molecule has 5 rings (SSSR count). The van der Waals surface area contributed by atoms with Gasteiger partial charge >= 0.3 is 0 Å². The topological polar surface area (TPSA) is 53.5 Å². The molecule has 162 valence electrons. The summed E-state index contributed by atoms with van der Waals surface area (Å²) in [5.74, 6) is 0.622. The van der Waals surface area contributed by atoms with E-state index in [-0.39, 0.29) is 24.3 Å². The average Bonchev–Trinajstić information content (AvgIpc) is 3.12. The van der Waals surface area contributed by atoms with Gasteiger partial charge in [-0.2, -0.15) is 0 Å². The van der Waals surface area contributed by atoms with Crippen LogP contribution < -0.4 is 4.90 Å². The van der Waals surface area contributed by atoms with Crippen molar-refractivity contribution in [3.05, 3.63) is 95.8 Å². The second kappa shape index (κ2) is 8.95. The molecule has 0 radical (unpaired) electrons. The van der Waals surface area contributed by atoms with Gasteiger partial charge < -0.3 is 4.90 Å². The molecule has 32 heavy (non-hydrogen) atoms. The van der Waals surface area contributed by atoms with Gasteiger partial charge in [0, 0.05) is 25.0 Å². The number of pyridine rings is 1. The lowest BCUT2D eigenvalue weighted by Gasteiger charge is -2.33. The molecular formula is C27H27N3O2. The summed E-state index contributed by atoms with van der Waals surface area (Å²) in [5.41, 5.74) is 3.46. The third-order valence-corrected chi connectivity index (χ3v) is 6.65. The number of amides is 2.